The van der Waals surface area contributed by atoms with Crippen LogP contribution in [0.15, 0.2) is 16.1 Å². The van der Waals surface area contributed by atoms with Crippen LogP contribution in [0.1, 0.15) is 20.8 Å². The van der Waals surface area contributed by atoms with Gasteiger partial charge in [-0.3, -0.25) is 4.99 Å². The minimum atomic E-state index is 0.208. The summed E-state index contributed by atoms with van der Waals surface area (Å²) in [6.07, 6.45) is 1.99. The molecule has 0 aromatic rings. The standard InChI is InChI=1S/C7H11NS/c1-6-4-9-7(2,3)5-8-6/h4-5H,1-3H3. The maximum atomic E-state index is 4.20. The van der Waals surface area contributed by atoms with Crippen LogP contribution in [0.3, 0.4) is 0 Å². The maximum Gasteiger partial charge on any atom is 0.0496 e. The normalized spacial score (nSPS) is 23.7. The Balaban J connectivity index is 2.70. The molecule has 0 aromatic heterocycles. The fourth-order valence-corrected chi connectivity index (χ4v) is 1.20. The molecule has 0 bridgehead atoms. The smallest absolute Gasteiger partial charge is 0.0496 e. The molecule has 1 aliphatic heterocycles. The topological polar surface area (TPSA) is 12.4 Å². The predicted octanol–water partition coefficient (Wildman–Crippen LogP) is 2.44. The van der Waals surface area contributed by atoms with Crippen molar-refractivity contribution in [3.63, 3.8) is 0 Å². The summed E-state index contributed by atoms with van der Waals surface area (Å²) in [4.78, 5) is 4.20. The lowest BCUT2D eigenvalue weighted by molar-refractivity contribution is 0.967. The van der Waals surface area contributed by atoms with Gasteiger partial charge >= 0.3 is 0 Å². The van der Waals surface area contributed by atoms with Crippen molar-refractivity contribution in [2.45, 2.75) is 25.5 Å². The number of thioether (sulfide) groups is 1. The summed E-state index contributed by atoms with van der Waals surface area (Å²) in [5.74, 6) is 0. The van der Waals surface area contributed by atoms with E-state index >= 15 is 0 Å². The molecular formula is C7H11NS. The Hall–Kier alpha value is -0.240. The maximum absolute atomic E-state index is 4.20. The van der Waals surface area contributed by atoms with Gasteiger partial charge in [0.1, 0.15) is 0 Å². The monoisotopic (exact) mass is 141 g/mol. The third kappa shape index (κ3) is 1.86. The summed E-state index contributed by atoms with van der Waals surface area (Å²) in [6.45, 7) is 6.33. The molecule has 1 rings (SSSR count). The molecule has 0 N–H and O–H groups in total. The van der Waals surface area contributed by atoms with E-state index < -0.39 is 0 Å². The Labute approximate surface area is 60.3 Å². The van der Waals surface area contributed by atoms with Gasteiger partial charge in [-0.1, -0.05) is 0 Å². The van der Waals surface area contributed by atoms with Crippen LogP contribution in [0.5, 0.6) is 0 Å². The second-order valence-corrected chi connectivity index (χ2v) is 4.26. The molecule has 1 aliphatic rings. The largest absolute Gasteiger partial charge is 0.264 e. The lowest BCUT2D eigenvalue weighted by Gasteiger charge is -2.19. The lowest BCUT2D eigenvalue weighted by atomic mass is 10.2. The molecule has 0 aromatic carbocycles. The van der Waals surface area contributed by atoms with Crippen LogP contribution in [0.2, 0.25) is 0 Å². The minimum absolute atomic E-state index is 0.208. The molecule has 2 heteroatoms. The first-order valence-electron chi connectivity index (χ1n) is 3.00. The van der Waals surface area contributed by atoms with Crippen molar-refractivity contribution in [3.8, 4) is 0 Å². The van der Waals surface area contributed by atoms with Crippen molar-refractivity contribution >= 4 is 18.0 Å². The van der Waals surface area contributed by atoms with Crippen LogP contribution >= 0.6 is 11.8 Å². The van der Waals surface area contributed by atoms with Crippen molar-refractivity contribution < 1.29 is 0 Å². The average molecular weight is 141 g/mol. The summed E-state index contributed by atoms with van der Waals surface area (Å²) in [7, 11) is 0. The van der Waals surface area contributed by atoms with Gasteiger partial charge in [0.25, 0.3) is 0 Å². The van der Waals surface area contributed by atoms with Crippen molar-refractivity contribution in [3.05, 3.63) is 11.1 Å². The molecule has 0 saturated carbocycles. The molecule has 1 heterocycles. The van der Waals surface area contributed by atoms with E-state index in [1.54, 1.807) is 0 Å². The first-order valence-corrected chi connectivity index (χ1v) is 3.88. The third-order valence-electron chi connectivity index (χ3n) is 1.11. The number of aliphatic imine (C=N–C) groups is 1. The second-order valence-electron chi connectivity index (χ2n) is 2.74. The molecule has 50 valence electrons. The third-order valence-corrected chi connectivity index (χ3v) is 2.28. The Morgan fingerprint density at radius 1 is 1.56 bits per heavy atom. The number of hydrogen-bond acceptors (Lipinski definition) is 2. The highest BCUT2D eigenvalue weighted by Gasteiger charge is 2.16. The van der Waals surface area contributed by atoms with E-state index in [2.05, 4.69) is 24.2 Å². The Kier molecular flexibility index (Phi) is 1.66. The van der Waals surface area contributed by atoms with Crippen molar-refractivity contribution in [2.75, 3.05) is 0 Å². The molecular weight excluding hydrogens is 130 g/mol. The van der Waals surface area contributed by atoms with Gasteiger partial charge in [0.15, 0.2) is 0 Å². The number of nitrogens with zero attached hydrogens (tertiary/aromatic N) is 1. The van der Waals surface area contributed by atoms with Crippen molar-refractivity contribution in [1.29, 1.82) is 0 Å². The van der Waals surface area contributed by atoms with Crippen LogP contribution in [0, 0.1) is 0 Å². The van der Waals surface area contributed by atoms with Gasteiger partial charge in [-0.15, -0.1) is 11.8 Å². The van der Waals surface area contributed by atoms with Gasteiger partial charge in [-0.25, -0.2) is 0 Å². The van der Waals surface area contributed by atoms with Gasteiger partial charge in [-0.2, -0.15) is 0 Å². The first kappa shape index (κ1) is 6.87. The van der Waals surface area contributed by atoms with E-state index in [1.165, 1.54) is 0 Å². The molecule has 0 fully saturated rings. The SMILES string of the molecule is CC1=CSC(C)(C)C=N1. The molecule has 0 atom stereocenters. The Morgan fingerprint density at radius 3 is 2.56 bits per heavy atom. The molecule has 0 aliphatic carbocycles. The van der Waals surface area contributed by atoms with Gasteiger partial charge in [0.2, 0.25) is 0 Å². The zero-order valence-electron chi connectivity index (χ0n) is 6.01. The van der Waals surface area contributed by atoms with Crippen LogP contribution in [-0.4, -0.2) is 11.0 Å². The van der Waals surface area contributed by atoms with Gasteiger partial charge < -0.3 is 0 Å². The zero-order chi connectivity index (χ0) is 6.91. The van der Waals surface area contributed by atoms with Gasteiger partial charge in [0, 0.05) is 16.7 Å². The fraction of sp³-hybridized carbons (Fsp3) is 0.571. The lowest BCUT2D eigenvalue weighted by Crippen LogP contribution is -2.17. The molecule has 0 spiro atoms. The highest BCUT2D eigenvalue weighted by atomic mass is 32.2. The summed E-state index contributed by atoms with van der Waals surface area (Å²) in [6, 6.07) is 0. The molecule has 0 saturated heterocycles. The Morgan fingerprint density at radius 2 is 2.22 bits per heavy atom. The summed E-state index contributed by atoms with van der Waals surface area (Å²) >= 11 is 1.82. The van der Waals surface area contributed by atoms with E-state index in [-0.39, 0.29) is 4.75 Å². The quantitative estimate of drug-likeness (QED) is 0.504. The highest BCUT2D eigenvalue weighted by Crippen LogP contribution is 2.28. The first-order chi connectivity index (χ1) is 4.10. The fourth-order valence-electron chi connectivity index (χ4n) is 0.555. The van der Waals surface area contributed by atoms with E-state index in [0.29, 0.717) is 0 Å². The number of rotatable bonds is 0. The molecule has 9 heavy (non-hydrogen) atoms. The van der Waals surface area contributed by atoms with E-state index in [9.17, 15) is 0 Å². The van der Waals surface area contributed by atoms with Gasteiger partial charge in [0.05, 0.1) is 0 Å². The zero-order valence-corrected chi connectivity index (χ0v) is 6.83. The summed E-state index contributed by atoms with van der Waals surface area (Å²) < 4.78 is 0.208. The van der Waals surface area contributed by atoms with Crippen molar-refractivity contribution in [1.82, 2.24) is 0 Å². The van der Waals surface area contributed by atoms with E-state index in [0.717, 1.165) is 5.70 Å². The van der Waals surface area contributed by atoms with Crippen LogP contribution in [0.25, 0.3) is 0 Å². The predicted molar refractivity (Wildman–Crippen MR) is 43.9 cm³/mol. The number of hydrogen-bond donors (Lipinski definition) is 0. The van der Waals surface area contributed by atoms with E-state index in [4.69, 9.17) is 0 Å². The summed E-state index contributed by atoms with van der Waals surface area (Å²) in [5.41, 5.74) is 1.11. The average Bonchev–Trinajstić information content (AvgIpc) is 1.78. The second kappa shape index (κ2) is 2.18. The van der Waals surface area contributed by atoms with Crippen LogP contribution < -0.4 is 0 Å². The molecule has 0 amide bonds. The molecule has 1 nitrogen and oxygen atoms in total. The van der Waals surface area contributed by atoms with Crippen LogP contribution in [0.4, 0.5) is 0 Å². The molecule has 0 unspecified atom stereocenters. The molecule has 0 radical (unpaired) electrons. The highest BCUT2D eigenvalue weighted by molar-refractivity contribution is 8.04. The van der Waals surface area contributed by atoms with Crippen molar-refractivity contribution in [2.24, 2.45) is 4.99 Å². The van der Waals surface area contributed by atoms with Crippen LogP contribution in [-0.2, 0) is 0 Å². The number of allylic oxidation sites excluding steroid dienone is 1. The van der Waals surface area contributed by atoms with E-state index in [1.807, 2.05) is 24.9 Å². The van der Waals surface area contributed by atoms with Gasteiger partial charge in [-0.05, 0) is 26.2 Å². The minimum Gasteiger partial charge on any atom is -0.264 e. The Bertz CT molecular complexity index is 168. The summed E-state index contributed by atoms with van der Waals surface area (Å²) in [5, 5.41) is 2.10.